The Morgan fingerprint density at radius 2 is 0.870 bits per heavy atom. The van der Waals surface area contributed by atoms with E-state index in [0.29, 0.717) is 6.61 Å². The van der Waals surface area contributed by atoms with Crippen LogP contribution in [0.5, 0.6) is 0 Å². The largest absolute Gasteiger partial charge is 0.481 e. The molecular formula is C50H62N4O15. The lowest BCUT2D eigenvalue weighted by atomic mass is 10.0. The highest BCUT2D eigenvalue weighted by molar-refractivity contribution is 6.06. The van der Waals surface area contributed by atoms with Gasteiger partial charge in [0.1, 0.15) is 44.4 Å². The van der Waals surface area contributed by atoms with Crippen LogP contribution in [0, 0.1) is 0 Å². The van der Waals surface area contributed by atoms with Crippen molar-refractivity contribution in [1.82, 2.24) is 0 Å². The first kappa shape index (κ1) is 55.7. The summed E-state index contributed by atoms with van der Waals surface area (Å²) in [6.45, 7) is 17.2. The molecule has 0 radical (unpaired) electrons. The SMILES string of the molecule is C=C(C)C(=O)OCCOC(=O)CCC(=O)O.C=C(C)C(=O)OCCOC(=O)CCC(=O)OCC1(C)Nc2cccc3cccc(c23)N1.CC1(CO)Nc2cccc3cccc(c23)N1.CCOC(C)=O. The summed E-state index contributed by atoms with van der Waals surface area (Å²) in [4.78, 5) is 76.7. The highest BCUT2D eigenvalue weighted by atomic mass is 16.6. The number of ether oxygens (including phenoxy) is 6. The number of aliphatic hydroxyl groups is 1. The molecule has 19 nitrogen and oxygen atoms in total. The Hall–Kier alpha value is -7.67. The van der Waals surface area contributed by atoms with Crippen LogP contribution in [0.15, 0.2) is 97.1 Å². The second-order valence-corrected chi connectivity index (χ2v) is 16.0. The molecule has 0 amide bonds. The Morgan fingerprint density at radius 1 is 0.522 bits per heavy atom. The van der Waals surface area contributed by atoms with Crippen molar-refractivity contribution in [2.75, 3.05) is 67.5 Å². The van der Waals surface area contributed by atoms with Crippen LogP contribution in [0.4, 0.5) is 22.7 Å². The molecular weight excluding hydrogens is 897 g/mol. The van der Waals surface area contributed by atoms with E-state index in [2.05, 4.69) is 60.8 Å². The highest BCUT2D eigenvalue weighted by Gasteiger charge is 2.32. The third-order valence-electron chi connectivity index (χ3n) is 9.57. The number of aliphatic carboxylic acids is 1. The minimum atomic E-state index is -1.06. The van der Waals surface area contributed by atoms with Crippen molar-refractivity contribution in [3.63, 3.8) is 0 Å². The highest BCUT2D eigenvalue weighted by Crippen LogP contribution is 2.38. The summed E-state index contributed by atoms with van der Waals surface area (Å²) in [7, 11) is 0. The number of esters is 6. The second kappa shape index (κ2) is 27.2. The molecule has 2 aliphatic rings. The molecule has 19 heteroatoms. The molecule has 0 saturated carbocycles. The maximum atomic E-state index is 12.1. The Morgan fingerprint density at radius 3 is 1.19 bits per heavy atom. The first-order valence-corrected chi connectivity index (χ1v) is 21.9. The number of nitrogens with one attached hydrogen (secondary N) is 4. The first-order valence-electron chi connectivity index (χ1n) is 21.9. The summed E-state index contributed by atoms with van der Waals surface area (Å²) in [5.41, 5.74) is 3.42. The van der Waals surface area contributed by atoms with Crippen molar-refractivity contribution in [3.05, 3.63) is 97.1 Å². The molecule has 0 spiro atoms. The molecule has 2 heterocycles. The molecule has 69 heavy (non-hydrogen) atoms. The van der Waals surface area contributed by atoms with Crippen molar-refractivity contribution in [2.45, 2.75) is 78.6 Å². The van der Waals surface area contributed by atoms with Crippen molar-refractivity contribution < 1.29 is 72.2 Å². The summed E-state index contributed by atoms with van der Waals surface area (Å²) in [6, 6.07) is 24.3. The molecule has 372 valence electrons. The summed E-state index contributed by atoms with van der Waals surface area (Å²) < 4.78 is 28.8. The fourth-order valence-electron chi connectivity index (χ4n) is 6.39. The van der Waals surface area contributed by atoms with Crippen LogP contribution in [0.1, 0.15) is 67.2 Å². The van der Waals surface area contributed by atoms with Crippen LogP contribution >= 0.6 is 0 Å². The molecule has 0 aliphatic carbocycles. The van der Waals surface area contributed by atoms with Crippen molar-refractivity contribution in [2.24, 2.45) is 0 Å². The van der Waals surface area contributed by atoms with Gasteiger partial charge < -0.3 is 59.9 Å². The summed E-state index contributed by atoms with van der Waals surface area (Å²) in [5, 5.41) is 35.7. The van der Waals surface area contributed by atoms with Crippen LogP contribution in [0.2, 0.25) is 0 Å². The smallest absolute Gasteiger partial charge is 0.333 e. The first-order chi connectivity index (χ1) is 32.7. The van der Waals surface area contributed by atoms with Crippen LogP contribution in [-0.4, -0.2) is 110 Å². The van der Waals surface area contributed by atoms with Gasteiger partial charge in [-0.2, -0.15) is 0 Å². The lowest BCUT2D eigenvalue weighted by Gasteiger charge is -2.38. The van der Waals surface area contributed by atoms with E-state index in [1.165, 1.54) is 31.5 Å². The molecule has 0 unspecified atom stereocenters. The average molecular weight is 959 g/mol. The molecule has 0 saturated heterocycles. The van der Waals surface area contributed by atoms with E-state index in [-0.39, 0.29) is 82.4 Å². The average Bonchev–Trinajstić information content (AvgIpc) is 3.30. The fourth-order valence-corrected chi connectivity index (χ4v) is 6.39. The molecule has 6 N–H and O–H groups in total. The van der Waals surface area contributed by atoms with Gasteiger partial charge in [0.2, 0.25) is 0 Å². The molecule has 0 atom stereocenters. The third kappa shape index (κ3) is 18.9. The monoisotopic (exact) mass is 958 g/mol. The third-order valence-corrected chi connectivity index (χ3v) is 9.57. The Bertz CT molecular complexity index is 2410. The lowest BCUT2D eigenvalue weighted by Crippen LogP contribution is -2.49. The summed E-state index contributed by atoms with van der Waals surface area (Å²) >= 11 is 0. The van der Waals surface area contributed by atoms with E-state index in [0.717, 1.165) is 33.5 Å². The van der Waals surface area contributed by atoms with E-state index in [4.69, 9.17) is 19.3 Å². The number of hydrogen-bond acceptors (Lipinski definition) is 18. The van der Waals surface area contributed by atoms with Gasteiger partial charge >= 0.3 is 41.8 Å². The number of carbonyl (C=O) groups excluding carboxylic acids is 6. The number of carboxylic acid groups (broad SMARTS) is 1. The fraction of sp³-hybridized carbons (Fsp3) is 0.380. The minimum absolute atomic E-state index is 0.0394. The topological polar surface area (TPSA) is 263 Å². The molecule has 4 aromatic carbocycles. The molecule has 2 aliphatic heterocycles. The van der Waals surface area contributed by atoms with Crippen molar-refractivity contribution in [1.29, 1.82) is 0 Å². The van der Waals surface area contributed by atoms with Crippen molar-refractivity contribution >= 4 is 86.1 Å². The minimum Gasteiger partial charge on any atom is -0.481 e. The van der Waals surface area contributed by atoms with Crippen molar-refractivity contribution in [3.8, 4) is 0 Å². The van der Waals surface area contributed by atoms with E-state index in [9.17, 15) is 38.7 Å². The van der Waals surface area contributed by atoms with Gasteiger partial charge in [-0.05, 0) is 69.7 Å². The zero-order chi connectivity index (χ0) is 51.1. The number of anilines is 4. The van der Waals surface area contributed by atoms with Crippen LogP contribution in [0.25, 0.3) is 21.5 Å². The standard InChI is InChI=1S/C23H26N2O6.C13H14N2O.C10H14O6.C4H8O2/c1-15(2)22(28)30-13-12-29-19(26)10-11-20(27)31-14-23(3)24-17-8-4-6-16-7-5-9-18(25-23)21(16)17;1-13(8-16)14-10-6-2-4-9-5-3-7-11(15-13)12(9)10;1-7(2)10(14)16-6-5-15-9(13)4-3-8(11)12;1-3-6-4(2)5/h4-9,24-25H,1,10-14H2,2-3H3;2-7,14-16H,8H2,1H3;1,3-6H2,2H3,(H,11,12);3H2,1-2H3. The molecule has 0 bridgehead atoms. The zero-order valence-corrected chi connectivity index (χ0v) is 39.8. The van der Waals surface area contributed by atoms with Gasteiger partial charge in [-0.15, -0.1) is 0 Å². The zero-order valence-electron chi connectivity index (χ0n) is 39.8. The van der Waals surface area contributed by atoms with Gasteiger partial charge in [-0.25, -0.2) is 9.59 Å². The van der Waals surface area contributed by atoms with E-state index in [1.807, 2.05) is 74.5 Å². The predicted octanol–water partition coefficient (Wildman–Crippen LogP) is 6.85. The van der Waals surface area contributed by atoms with E-state index >= 15 is 0 Å². The summed E-state index contributed by atoms with van der Waals surface area (Å²) in [5.74, 6) is -4.08. The number of aliphatic hydroxyl groups excluding tert-OH is 1. The quantitative estimate of drug-likeness (QED) is 0.0258. The van der Waals surface area contributed by atoms with E-state index < -0.39 is 47.1 Å². The number of benzene rings is 4. The van der Waals surface area contributed by atoms with Gasteiger partial charge in [-0.1, -0.05) is 61.7 Å². The molecule has 4 aromatic rings. The molecule has 6 rings (SSSR count). The van der Waals surface area contributed by atoms with Gasteiger partial charge in [0.15, 0.2) is 0 Å². The maximum absolute atomic E-state index is 12.1. The number of rotatable bonds is 18. The predicted molar refractivity (Wildman–Crippen MR) is 259 cm³/mol. The van der Waals surface area contributed by atoms with Gasteiger partial charge in [0.25, 0.3) is 0 Å². The number of hydrogen-bond donors (Lipinski definition) is 6. The Balaban J connectivity index is 0.000000279. The van der Waals surface area contributed by atoms with Gasteiger partial charge in [-0.3, -0.25) is 24.0 Å². The number of carboxylic acids is 1. The van der Waals surface area contributed by atoms with Crippen LogP contribution < -0.4 is 21.3 Å². The summed E-state index contributed by atoms with van der Waals surface area (Å²) in [6.07, 6.45) is -0.687. The van der Waals surface area contributed by atoms with Gasteiger partial charge in [0, 0.05) is 51.6 Å². The Kier molecular flexibility index (Phi) is 22.0. The van der Waals surface area contributed by atoms with Gasteiger partial charge in [0.05, 0.1) is 38.9 Å². The molecule has 0 aromatic heterocycles. The lowest BCUT2D eigenvalue weighted by molar-refractivity contribution is -0.153. The maximum Gasteiger partial charge on any atom is 0.333 e. The van der Waals surface area contributed by atoms with Crippen LogP contribution in [0.3, 0.4) is 0 Å². The number of carbonyl (C=O) groups is 7. The van der Waals surface area contributed by atoms with E-state index in [1.54, 1.807) is 6.92 Å². The van der Waals surface area contributed by atoms with Crippen LogP contribution in [-0.2, 0) is 62.0 Å². The second-order valence-electron chi connectivity index (χ2n) is 16.0. The Labute approximate surface area is 400 Å². The normalized spacial score (nSPS) is 12.7. The molecule has 0 fully saturated rings.